The number of rotatable bonds is 6. The van der Waals surface area contributed by atoms with Crippen LogP contribution in [0.2, 0.25) is 0 Å². The van der Waals surface area contributed by atoms with Gasteiger partial charge in [-0.2, -0.15) is 0 Å². The normalized spacial score (nSPS) is 14.3. The number of nitrogens with one attached hydrogen (secondary N) is 1. The van der Waals surface area contributed by atoms with Gasteiger partial charge in [-0.25, -0.2) is 0 Å². The van der Waals surface area contributed by atoms with Crippen LogP contribution >= 0.6 is 51.7 Å². The van der Waals surface area contributed by atoms with Gasteiger partial charge in [0, 0.05) is 20.7 Å². The van der Waals surface area contributed by atoms with E-state index in [0.717, 1.165) is 17.4 Å². The Morgan fingerprint density at radius 2 is 1.95 bits per heavy atom. The molecule has 2 atom stereocenters. The molecule has 0 radical (unpaired) electrons. The van der Waals surface area contributed by atoms with Crippen molar-refractivity contribution in [2.75, 3.05) is 6.54 Å². The van der Waals surface area contributed by atoms with Crippen LogP contribution in [0.15, 0.2) is 38.6 Å². The van der Waals surface area contributed by atoms with E-state index in [0.29, 0.717) is 17.3 Å². The van der Waals surface area contributed by atoms with E-state index in [1.807, 2.05) is 11.8 Å². The first kappa shape index (κ1) is 20.1. The molecule has 0 saturated heterocycles. The Kier molecular flexibility index (Phi) is 10.8. The topological polar surface area (TPSA) is 50.4 Å². The zero-order valence-corrected chi connectivity index (χ0v) is 16.8. The van der Waals surface area contributed by atoms with E-state index in [4.69, 9.17) is 5.73 Å². The summed E-state index contributed by atoms with van der Waals surface area (Å²) in [6.07, 6.45) is 1.04. The third kappa shape index (κ3) is 8.36. The maximum Gasteiger partial charge on any atom is 0.188 e. The Labute approximate surface area is 151 Å². The van der Waals surface area contributed by atoms with Crippen molar-refractivity contribution in [3.63, 3.8) is 0 Å². The molecule has 0 aliphatic rings. The molecule has 0 aliphatic heterocycles. The summed E-state index contributed by atoms with van der Waals surface area (Å²) in [5, 5.41) is 3.57. The third-order valence-electron chi connectivity index (χ3n) is 2.68. The Hall–Kier alpha value is 0.0500. The van der Waals surface area contributed by atoms with Gasteiger partial charge in [0.05, 0.1) is 6.54 Å². The summed E-state index contributed by atoms with van der Waals surface area (Å²) >= 11 is 5.24. The van der Waals surface area contributed by atoms with Crippen LogP contribution in [0.25, 0.3) is 0 Å². The molecule has 0 aromatic heterocycles. The van der Waals surface area contributed by atoms with E-state index >= 15 is 0 Å². The maximum atomic E-state index is 5.84. The molecule has 1 aromatic carbocycles. The molecule has 1 aromatic rings. The van der Waals surface area contributed by atoms with Crippen molar-refractivity contribution in [3.05, 3.63) is 28.7 Å². The van der Waals surface area contributed by atoms with Crippen LogP contribution < -0.4 is 11.1 Å². The minimum atomic E-state index is 0. The average Bonchev–Trinajstić information content (AvgIpc) is 2.39. The van der Waals surface area contributed by atoms with Crippen LogP contribution in [0.3, 0.4) is 0 Å². The predicted molar refractivity (Wildman–Crippen MR) is 104 cm³/mol. The highest BCUT2D eigenvalue weighted by Gasteiger charge is 2.05. The van der Waals surface area contributed by atoms with Crippen LogP contribution in [0.4, 0.5) is 0 Å². The zero-order valence-electron chi connectivity index (χ0n) is 12.1. The number of halogens is 2. The van der Waals surface area contributed by atoms with Crippen LogP contribution in [0, 0.1) is 0 Å². The molecule has 0 bridgehead atoms. The van der Waals surface area contributed by atoms with Gasteiger partial charge in [0.25, 0.3) is 0 Å². The minimum absolute atomic E-state index is 0. The molecule has 3 nitrogen and oxygen atoms in total. The lowest BCUT2D eigenvalue weighted by molar-refractivity contribution is 0.636. The molecule has 2 unspecified atom stereocenters. The molecule has 0 saturated carbocycles. The van der Waals surface area contributed by atoms with Crippen molar-refractivity contribution in [3.8, 4) is 0 Å². The van der Waals surface area contributed by atoms with Gasteiger partial charge in [-0.1, -0.05) is 29.8 Å². The van der Waals surface area contributed by atoms with E-state index in [2.05, 4.69) is 71.3 Å². The molecule has 1 rings (SSSR count). The van der Waals surface area contributed by atoms with Gasteiger partial charge in [-0.15, -0.1) is 35.7 Å². The van der Waals surface area contributed by atoms with Crippen molar-refractivity contribution < 1.29 is 0 Å². The molecule has 0 heterocycles. The average molecular weight is 472 g/mol. The number of thioether (sulfide) groups is 1. The van der Waals surface area contributed by atoms with Crippen molar-refractivity contribution >= 4 is 57.6 Å². The second-order valence-electron chi connectivity index (χ2n) is 4.56. The molecule has 20 heavy (non-hydrogen) atoms. The molecule has 6 heteroatoms. The second-order valence-corrected chi connectivity index (χ2v) is 6.99. The highest BCUT2D eigenvalue weighted by atomic mass is 127. The van der Waals surface area contributed by atoms with Gasteiger partial charge in [0.15, 0.2) is 5.96 Å². The number of aliphatic imine (C=N–C) groups is 1. The molecular formula is C14H23BrIN3S. The standard InChI is InChI=1S/C14H22BrN3S.HI/c1-4-10(2)18-14(16)17-9-11(3)19-13-7-5-12(15)6-8-13;/h5-8,10-11H,4,9H2,1-3H3,(H3,16,17,18);1H. The molecule has 0 spiro atoms. The first-order chi connectivity index (χ1) is 9.01. The first-order valence-corrected chi connectivity index (χ1v) is 8.17. The number of nitrogens with zero attached hydrogens (tertiary/aromatic N) is 1. The fourth-order valence-electron chi connectivity index (χ4n) is 1.41. The van der Waals surface area contributed by atoms with Crippen LogP contribution in [0.5, 0.6) is 0 Å². The lowest BCUT2D eigenvalue weighted by Crippen LogP contribution is -2.38. The van der Waals surface area contributed by atoms with Gasteiger partial charge in [-0.05, 0) is 37.6 Å². The monoisotopic (exact) mass is 471 g/mol. The van der Waals surface area contributed by atoms with E-state index in [1.54, 1.807) is 0 Å². The Balaban J connectivity index is 0.00000361. The lowest BCUT2D eigenvalue weighted by atomic mass is 10.3. The summed E-state index contributed by atoms with van der Waals surface area (Å²) in [5.74, 6) is 0.539. The summed E-state index contributed by atoms with van der Waals surface area (Å²) in [6, 6.07) is 8.69. The van der Waals surface area contributed by atoms with Crippen LogP contribution in [-0.4, -0.2) is 23.8 Å². The van der Waals surface area contributed by atoms with E-state index in [-0.39, 0.29) is 24.0 Å². The maximum absolute atomic E-state index is 5.84. The molecule has 114 valence electrons. The smallest absolute Gasteiger partial charge is 0.188 e. The Morgan fingerprint density at radius 3 is 2.50 bits per heavy atom. The zero-order chi connectivity index (χ0) is 14.3. The van der Waals surface area contributed by atoms with Gasteiger partial charge in [-0.3, -0.25) is 4.99 Å². The van der Waals surface area contributed by atoms with Crippen LogP contribution in [0.1, 0.15) is 27.2 Å². The summed E-state index contributed by atoms with van der Waals surface area (Å²) in [6.45, 7) is 7.10. The second kappa shape index (κ2) is 10.7. The summed E-state index contributed by atoms with van der Waals surface area (Å²) in [5.41, 5.74) is 5.84. The Bertz CT molecular complexity index is 411. The summed E-state index contributed by atoms with van der Waals surface area (Å²) < 4.78 is 1.10. The van der Waals surface area contributed by atoms with Gasteiger partial charge >= 0.3 is 0 Å². The fourth-order valence-corrected chi connectivity index (χ4v) is 2.58. The van der Waals surface area contributed by atoms with E-state index in [1.165, 1.54) is 4.90 Å². The third-order valence-corrected chi connectivity index (χ3v) is 4.30. The van der Waals surface area contributed by atoms with Crippen molar-refractivity contribution in [1.82, 2.24) is 5.32 Å². The predicted octanol–water partition coefficient (Wildman–Crippen LogP) is 4.25. The Morgan fingerprint density at radius 1 is 1.35 bits per heavy atom. The summed E-state index contributed by atoms with van der Waals surface area (Å²) in [4.78, 5) is 5.63. The highest BCUT2D eigenvalue weighted by Crippen LogP contribution is 2.24. The molecule has 0 aliphatic carbocycles. The largest absolute Gasteiger partial charge is 0.370 e. The lowest BCUT2D eigenvalue weighted by Gasteiger charge is -2.13. The van der Waals surface area contributed by atoms with Crippen molar-refractivity contribution in [2.24, 2.45) is 10.7 Å². The van der Waals surface area contributed by atoms with Gasteiger partial charge in [0.1, 0.15) is 0 Å². The quantitative estimate of drug-likeness (QED) is 0.282. The van der Waals surface area contributed by atoms with E-state index in [9.17, 15) is 0 Å². The number of guanidine groups is 1. The van der Waals surface area contributed by atoms with Gasteiger partial charge < -0.3 is 11.1 Å². The number of hydrogen-bond acceptors (Lipinski definition) is 2. The first-order valence-electron chi connectivity index (χ1n) is 6.50. The highest BCUT2D eigenvalue weighted by molar-refractivity contribution is 14.0. The van der Waals surface area contributed by atoms with Crippen molar-refractivity contribution in [2.45, 2.75) is 43.4 Å². The minimum Gasteiger partial charge on any atom is -0.370 e. The molecule has 0 amide bonds. The van der Waals surface area contributed by atoms with Crippen LogP contribution in [-0.2, 0) is 0 Å². The van der Waals surface area contributed by atoms with Crippen molar-refractivity contribution in [1.29, 1.82) is 0 Å². The number of nitrogens with two attached hydrogens (primary N) is 1. The number of hydrogen-bond donors (Lipinski definition) is 2. The van der Waals surface area contributed by atoms with Gasteiger partial charge in [0.2, 0.25) is 0 Å². The fraction of sp³-hybridized carbons (Fsp3) is 0.500. The molecule has 3 N–H and O–H groups in total. The number of benzene rings is 1. The SMILES string of the molecule is CCC(C)NC(N)=NCC(C)Sc1ccc(Br)cc1.I. The molecule has 0 fully saturated rings. The van der Waals surface area contributed by atoms with E-state index < -0.39 is 0 Å². The molecular weight excluding hydrogens is 449 g/mol. The summed E-state index contributed by atoms with van der Waals surface area (Å²) in [7, 11) is 0.